The highest BCUT2D eigenvalue weighted by atomic mass is 32.2. The molecule has 3 nitrogen and oxygen atoms in total. The molecule has 1 rings (SSSR count). The van der Waals surface area contributed by atoms with E-state index in [1.807, 2.05) is 6.92 Å². The highest BCUT2D eigenvalue weighted by Gasteiger charge is 2.39. The van der Waals surface area contributed by atoms with Crippen molar-refractivity contribution in [1.29, 1.82) is 0 Å². The second-order valence-electron chi connectivity index (χ2n) is 5.26. The van der Waals surface area contributed by atoms with E-state index in [1.54, 1.807) is 0 Å². The summed E-state index contributed by atoms with van der Waals surface area (Å²) in [4.78, 5) is 0. The highest BCUT2D eigenvalue weighted by Crippen LogP contribution is 2.32. The van der Waals surface area contributed by atoms with E-state index >= 15 is 0 Å². The number of hydrogen-bond acceptors (Lipinski definition) is 3. The van der Waals surface area contributed by atoms with Crippen molar-refractivity contribution in [3.63, 3.8) is 0 Å². The van der Waals surface area contributed by atoms with Gasteiger partial charge in [0.05, 0.1) is 11.0 Å². The fraction of sp³-hybridized carbons (Fsp3) is 1.00. The van der Waals surface area contributed by atoms with Crippen LogP contribution < -0.4 is 5.32 Å². The molecule has 0 aliphatic heterocycles. The third-order valence-electron chi connectivity index (χ3n) is 3.88. The average Bonchev–Trinajstić information content (AvgIpc) is 2.66. The Morgan fingerprint density at radius 2 is 1.88 bits per heavy atom. The number of hydrogen-bond donors (Lipinski definition) is 1. The van der Waals surface area contributed by atoms with Gasteiger partial charge in [-0.05, 0) is 38.1 Å². The van der Waals surface area contributed by atoms with Crippen molar-refractivity contribution in [2.75, 3.05) is 12.3 Å². The van der Waals surface area contributed by atoms with Gasteiger partial charge in [-0.25, -0.2) is 8.42 Å². The van der Waals surface area contributed by atoms with Crippen LogP contribution in [0.15, 0.2) is 0 Å². The number of sulfone groups is 1. The minimum absolute atomic E-state index is 0.108. The normalized spacial score (nSPS) is 29.7. The second-order valence-corrected chi connectivity index (χ2v) is 7.60. The molecule has 0 radical (unpaired) electrons. The van der Waals surface area contributed by atoms with Crippen LogP contribution in [0.1, 0.15) is 52.9 Å². The van der Waals surface area contributed by atoms with Gasteiger partial charge >= 0.3 is 0 Å². The van der Waals surface area contributed by atoms with E-state index in [0.717, 1.165) is 38.6 Å². The first-order chi connectivity index (χ1) is 8.03. The Labute approximate surface area is 106 Å². The van der Waals surface area contributed by atoms with Gasteiger partial charge in [0, 0.05) is 6.04 Å². The number of unbranched alkanes of at least 4 members (excludes halogenated alkanes) is 1. The molecule has 17 heavy (non-hydrogen) atoms. The van der Waals surface area contributed by atoms with Crippen LogP contribution in [0.25, 0.3) is 0 Å². The maximum Gasteiger partial charge on any atom is 0.153 e. The summed E-state index contributed by atoms with van der Waals surface area (Å²) in [7, 11) is -2.87. The molecular formula is C13H27NO2S. The van der Waals surface area contributed by atoms with Gasteiger partial charge in [-0.1, -0.05) is 27.2 Å². The molecule has 0 amide bonds. The van der Waals surface area contributed by atoms with Crippen molar-refractivity contribution in [1.82, 2.24) is 5.32 Å². The van der Waals surface area contributed by atoms with E-state index in [1.165, 1.54) is 0 Å². The lowest BCUT2D eigenvalue weighted by Gasteiger charge is -2.21. The zero-order valence-corrected chi connectivity index (χ0v) is 12.2. The van der Waals surface area contributed by atoms with Crippen LogP contribution in [0.3, 0.4) is 0 Å². The highest BCUT2D eigenvalue weighted by molar-refractivity contribution is 7.92. The molecule has 1 saturated carbocycles. The largest absolute Gasteiger partial charge is 0.314 e. The first kappa shape index (κ1) is 15.0. The summed E-state index contributed by atoms with van der Waals surface area (Å²) in [5, 5.41) is 3.37. The molecule has 0 aromatic heterocycles. The van der Waals surface area contributed by atoms with Gasteiger partial charge < -0.3 is 5.32 Å². The number of nitrogens with one attached hydrogen (secondary N) is 1. The summed E-state index contributed by atoms with van der Waals surface area (Å²) < 4.78 is 24.4. The van der Waals surface area contributed by atoms with Crippen LogP contribution in [-0.2, 0) is 9.84 Å². The Kier molecular flexibility index (Phi) is 5.93. The van der Waals surface area contributed by atoms with Crippen molar-refractivity contribution < 1.29 is 8.42 Å². The molecule has 1 N–H and O–H groups in total. The Hall–Kier alpha value is -0.0900. The van der Waals surface area contributed by atoms with Gasteiger partial charge in [-0.2, -0.15) is 0 Å². The molecule has 0 saturated heterocycles. The molecule has 1 aliphatic carbocycles. The third kappa shape index (κ3) is 3.95. The molecule has 0 bridgehead atoms. The molecule has 102 valence electrons. The summed E-state index contributed by atoms with van der Waals surface area (Å²) in [5.41, 5.74) is 0. The average molecular weight is 261 g/mol. The predicted molar refractivity (Wildman–Crippen MR) is 73.0 cm³/mol. The van der Waals surface area contributed by atoms with E-state index in [0.29, 0.717) is 11.8 Å². The Morgan fingerprint density at radius 3 is 2.47 bits per heavy atom. The van der Waals surface area contributed by atoms with Crippen molar-refractivity contribution in [3.05, 3.63) is 0 Å². The van der Waals surface area contributed by atoms with E-state index in [2.05, 4.69) is 19.2 Å². The van der Waals surface area contributed by atoms with E-state index < -0.39 is 9.84 Å². The smallest absolute Gasteiger partial charge is 0.153 e. The van der Waals surface area contributed by atoms with Gasteiger partial charge in [-0.3, -0.25) is 0 Å². The summed E-state index contributed by atoms with van der Waals surface area (Å²) >= 11 is 0. The van der Waals surface area contributed by atoms with Crippen LogP contribution in [0.2, 0.25) is 0 Å². The molecule has 0 aromatic carbocycles. The molecule has 0 spiro atoms. The zero-order valence-electron chi connectivity index (χ0n) is 11.4. The summed E-state index contributed by atoms with van der Waals surface area (Å²) in [6, 6.07) is 0.399. The van der Waals surface area contributed by atoms with Gasteiger partial charge in [0.1, 0.15) is 0 Å². The van der Waals surface area contributed by atoms with Gasteiger partial charge in [0.2, 0.25) is 0 Å². The molecule has 0 heterocycles. The Bertz CT molecular complexity index is 313. The standard InChI is InChI=1S/C13H27NO2S/c1-4-6-10-17(15,16)13-8-7-12(11(13)3)14-9-5-2/h11-14H,4-10H2,1-3H3. The molecule has 0 aromatic rings. The first-order valence-corrected chi connectivity index (χ1v) is 8.69. The fourth-order valence-corrected chi connectivity index (χ4v) is 5.08. The predicted octanol–water partition coefficient (Wildman–Crippen LogP) is 2.37. The third-order valence-corrected chi connectivity index (χ3v) is 6.33. The topological polar surface area (TPSA) is 46.2 Å². The lowest BCUT2D eigenvalue weighted by molar-refractivity contribution is 0.424. The number of rotatable bonds is 7. The molecule has 3 unspecified atom stereocenters. The minimum Gasteiger partial charge on any atom is -0.314 e. The monoisotopic (exact) mass is 261 g/mol. The maximum atomic E-state index is 12.2. The van der Waals surface area contributed by atoms with Crippen LogP contribution in [0, 0.1) is 5.92 Å². The molecule has 1 fully saturated rings. The van der Waals surface area contributed by atoms with E-state index in [-0.39, 0.29) is 11.2 Å². The molecule has 3 atom stereocenters. The lowest BCUT2D eigenvalue weighted by Crippen LogP contribution is -2.37. The van der Waals surface area contributed by atoms with Crippen LogP contribution in [-0.4, -0.2) is 32.0 Å². The molecule has 1 aliphatic rings. The van der Waals surface area contributed by atoms with E-state index in [9.17, 15) is 8.42 Å². The van der Waals surface area contributed by atoms with Crippen molar-refractivity contribution in [2.45, 2.75) is 64.2 Å². The summed E-state index contributed by atoms with van der Waals surface area (Å²) in [6.07, 6.45) is 4.72. The lowest BCUT2D eigenvalue weighted by atomic mass is 10.1. The van der Waals surface area contributed by atoms with E-state index in [4.69, 9.17) is 0 Å². The SMILES string of the molecule is CCCCS(=O)(=O)C1CCC(NCCC)C1C. The van der Waals surface area contributed by atoms with Crippen LogP contribution in [0.4, 0.5) is 0 Å². The van der Waals surface area contributed by atoms with Crippen molar-refractivity contribution >= 4 is 9.84 Å². The first-order valence-electron chi connectivity index (χ1n) is 6.97. The molecule has 4 heteroatoms. The van der Waals surface area contributed by atoms with Crippen molar-refractivity contribution in [3.8, 4) is 0 Å². The van der Waals surface area contributed by atoms with Gasteiger partial charge in [0.15, 0.2) is 9.84 Å². The van der Waals surface area contributed by atoms with Gasteiger partial charge in [0.25, 0.3) is 0 Å². The Balaban J connectivity index is 2.56. The van der Waals surface area contributed by atoms with Gasteiger partial charge in [-0.15, -0.1) is 0 Å². The second kappa shape index (κ2) is 6.74. The van der Waals surface area contributed by atoms with Crippen LogP contribution >= 0.6 is 0 Å². The quantitative estimate of drug-likeness (QED) is 0.765. The van der Waals surface area contributed by atoms with Crippen LogP contribution in [0.5, 0.6) is 0 Å². The minimum atomic E-state index is -2.87. The zero-order chi connectivity index (χ0) is 12.9. The molecular weight excluding hydrogens is 234 g/mol. The maximum absolute atomic E-state index is 12.2. The van der Waals surface area contributed by atoms with Crippen molar-refractivity contribution in [2.24, 2.45) is 5.92 Å². The fourth-order valence-electron chi connectivity index (χ4n) is 2.75. The summed E-state index contributed by atoms with van der Waals surface area (Å²) in [6.45, 7) is 7.27. The summed E-state index contributed by atoms with van der Waals surface area (Å²) in [5.74, 6) is 0.641. The Morgan fingerprint density at radius 1 is 1.18 bits per heavy atom.